The second kappa shape index (κ2) is 14.7. The molecule has 0 atom stereocenters. The van der Waals surface area contributed by atoms with Gasteiger partial charge in [-0.15, -0.1) is 0 Å². The number of nitrogens with zero attached hydrogens (tertiary/aromatic N) is 2. The van der Waals surface area contributed by atoms with E-state index >= 15 is 0 Å². The Morgan fingerprint density at radius 2 is 1.79 bits per heavy atom. The van der Waals surface area contributed by atoms with Crippen molar-refractivity contribution in [1.82, 2.24) is 9.97 Å². The summed E-state index contributed by atoms with van der Waals surface area (Å²) in [7, 11) is 0. The van der Waals surface area contributed by atoms with Crippen LogP contribution in [0.25, 0.3) is 23.3 Å². The van der Waals surface area contributed by atoms with Gasteiger partial charge in [0.2, 0.25) is 0 Å². The zero-order chi connectivity index (χ0) is 24.8. The Morgan fingerprint density at radius 1 is 1.03 bits per heavy atom. The van der Waals surface area contributed by atoms with E-state index in [0.29, 0.717) is 5.56 Å². The molecule has 3 heteroatoms. The summed E-state index contributed by atoms with van der Waals surface area (Å²) in [5.41, 5.74) is 5.37. The highest BCUT2D eigenvalue weighted by atomic mass is 16.1. The maximum absolute atomic E-state index is 11.5. The average Bonchev–Trinajstić information content (AvgIpc) is 2.86. The fourth-order valence-electron chi connectivity index (χ4n) is 3.55. The molecule has 2 heterocycles. The second-order valence-electron chi connectivity index (χ2n) is 8.38. The molecule has 0 spiro atoms. The molecule has 0 amide bonds. The fraction of sp³-hybridized carbons (Fsp3) is 0.323. The highest BCUT2D eigenvalue weighted by molar-refractivity contribution is 5.95. The van der Waals surface area contributed by atoms with Gasteiger partial charge in [0.15, 0.2) is 5.78 Å². The lowest BCUT2D eigenvalue weighted by Crippen LogP contribution is -2.30. The van der Waals surface area contributed by atoms with E-state index < -0.39 is 0 Å². The van der Waals surface area contributed by atoms with Gasteiger partial charge < -0.3 is 0 Å². The van der Waals surface area contributed by atoms with E-state index in [4.69, 9.17) is 0 Å². The normalized spacial score (nSPS) is 12.0. The third kappa shape index (κ3) is 8.55. The van der Waals surface area contributed by atoms with Crippen molar-refractivity contribution in [1.29, 1.82) is 0 Å². The Kier molecular flexibility index (Phi) is 11.7. The van der Waals surface area contributed by atoms with Crippen molar-refractivity contribution in [3.63, 3.8) is 0 Å². The van der Waals surface area contributed by atoms with Gasteiger partial charge in [-0.2, -0.15) is 0 Å². The molecule has 0 bridgehead atoms. The van der Waals surface area contributed by atoms with E-state index in [-0.39, 0.29) is 5.78 Å². The van der Waals surface area contributed by atoms with Gasteiger partial charge >= 0.3 is 0 Å². The highest BCUT2D eigenvalue weighted by Crippen LogP contribution is 2.19. The standard InChI is InChI=1S/C16H21NO.C15H17N/c1-5-7-9-14-11-15(13(4)18)12(3)17-16(14)10-8-6-2;1-2-3-5-13-7-9-14(10-8-13)15-6-4-11-16-12-15/h5,7,9-11H,6,8H2,1-4H3;4,6-12H,2-3,5H2,1H3/b7-5-,14-9-,16-10-;. The van der Waals surface area contributed by atoms with Crippen LogP contribution in [0.2, 0.25) is 0 Å². The van der Waals surface area contributed by atoms with Crippen LogP contribution < -0.4 is 10.6 Å². The Morgan fingerprint density at radius 3 is 2.38 bits per heavy atom. The van der Waals surface area contributed by atoms with Crippen molar-refractivity contribution in [3.8, 4) is 11.1 Å². The largest absolute Gasteiger partial charge is 0.294 e. The molecule has 0 aliphatic carbocycles. The lowest BCUT2D eigenvalue weighted by atomic mass is 10.0. The van der Waals surface area contributed by atoms with Crippen LogP contribution in [0.15, 0.2) is 67.0 Å². The Bertz CT molecular complexity index is 1180. The number of allylic oxidation sites excluding steroid dienone is 2. The molecule has 0 unspecified atom stereocenters. The van der Waals surface area contributed by atoms with Gasteiger partial charge in [-0.1, -0.05) is 81.3 Å². The highest BCUT2D eigenvalue weighted by Gasteiger charge is 2.05. The molecule has 3 rings (SSSR count). The van der Waals surface area contributed by atoms with Crippen molar-refractivity contribution in [2.24, 2.45) is 0 Å². The molecule has 0 aliphatic rings. The number of carbonyl (C=O) groups is 1. The Balaban J connectivity index is 0.000000241. The van der Waals surface area contributed by atoms with E-state index in [2.05, 4.69) is 60.2 Å². The van der Waals surface area contributed by atoms with Gasteiger partial charge in [0.1, 0.15) is 0 Å². The Labute approximate surface area is 205 Å². The lowest BCUT2D eigenvalue weighted by Gasteiger charge is -2.03. The molecule has 0 N–H and O–H groups in total. The topological polar surface area (TPSA) is 42.9 Å². The number of hydrogen-bond acceptors (Lipinski definition) is 3. The zero-order valence-electron chi connectivity index (χ0n) is 21.3. The summed E-state index contributed by atoms with van der Waals surface area (Å²) in [4.78, 5) is 20.2. The quantitative estimate of drug-likeness (QED) is 0.359. The van der Waals surface area contributed by atoms with Crippen LogP contribution in [0.4, 0.5) is 0 Å². The van der Waals surface area contributed by atoms with Crippen LogP contribution in [-0.2, 0) is 6.42 Å². The molecule has 0 saturated carbocycles. The fourth-order valence-corrected chi connectivity index (χ4v) is 3.55. The average molecular weight is 455 g/mol. The minimum atomic E-state index is 0.0668. The van der Waals surface area contributed by atoms with Gasteiger partial charge in [0, 0.05) is 28.9 Å². The predicted molar refractivity (Wildman–Crippen MR) is 145 cm³/mol. The number of aromatic nitrogens is 2. The number of benzene rings is 1. The van der Waals surface area contributed by atoms with E-state index in [9.17, 15) is 4.79 Å². The van der Waals surface area contributed by atoms with Gasteiger partial charge in [0.25, 0.3) is 0 Å². The Hall–Kier alpha value is -3.33. The first-order chi connectivity index (χ1) is 16.5. The van der Waals surface area contributed by atoms with Crippen LogP contribution in [0.5, 0.6) is 0 Å². The number of ketones is 1. The lowest BCUT2D eigenvalue weighted by molar-refractivity contribution is 0.101. The monoisotopic (exact) mass is 454 g/mol. The van der Waals surface area contributed by atoms with Gasteiger partial charge in [-0.25, -0.2) is 0 Å². The summed E-state index contributed by atoms with van der Waals surface area (Å²) in [5, 5.41) is 1.98. The molecule has 3 nitrogen and oxygen atoms in total. The number of rotatable bonds is 8. The maximum atomic E-state index is 11.5. The summed E-state index contributed by atoms with van der Waals surface area (Å²) in [6.45, 7) is 9.81. The first kappa shape index (κ1) is 26.9. The van der Waals surface area contributed by atoms with Gasteiger partial charge in [-0.3, -0.25) is 14.8 Å². The first-order valence-electron chi connectivity index (χ1n) is 12.3. The molecule has 34 heavy (non-hydrogen) atoms. The third-order valence-electron chi connectivity index (χ3n) is 5.52. The van der Waals surface area contributed by atoms with Crippen molar-refractivity contribution in [2.45, 2.75) is 66.7 Å². The summed E-state index contributed by atoms with van der Waals surface area (Å²) in [6, 6.07) is 14.8. The number of Topliss-reactive ketones (excluding diaryl/α,β-unsaturated/α-hetero) is 1. The van der Waals surface area contributed by atoms with E-state index in [1.165, 1.54) is 36.0 Å². The number of aryl methyl sites for hydroxylation is 2. The number of carbonyl (C=O) groups excluding carboxylic acids is 1. The van der Waals surface area contributed by atoms with Crippen LogP contribution in [0, 0.1) is 6.92 Å². The van der Waals surface area contributed by atoms with Crippen LogP contribution in [-0.4, -0.2) is 15.8 Å². The maximum Gasteiger partial charge on any atom is 0.161 e. The minimum Gasteiger partial charge on any atom is -0.294 e. The van der Waals surface area contributed by atoms with Crippen molar-refractivity contribution in [3.05, 3.63) is 94.4 Å². The van der Waals surface area contributed by atoms with Crippen LogP contribution in [0.3, 0.4) is 0 Å². The molecular formula is C31H38N2O. The van der Waals surface area contributed by atoms with Crippen molar-refractivity contribution in [2.75, 3.05) is 0 Å². The third-order valence-corrected chi connectivity index (χ3v) is 5.52. The number of hydrogen-bond donors (Lipinski definition) is 0. The zero-order valence-corrected chi connectivity index (χ0v) is 21.3. The predicted octanol–water partition coefficient (Wildman–Crippen LogP) is 6.62. The summed E-state index contributed by atoms with van der Waals surface area (Å²) in [5.74, 6) is 0.0668. The molecule has 0 saturated heterocycles. The summed E-state index contributed by atoms with van der Waals surface area (Å²) >= 11 is 0. The molecule has 0 aliphatic heterocycles. The van der Waals surface area contributed by atoms with E-state index in [0.717, 1.165) is 29.1 Å². The van der Waals surface area contributed by atoms with E-state index in [1.54, 1.807) is 13.1 Å². The summed E-state index contributed by atoms with van der Waals surface area (Å²) in [6.07, 6.45) is 17.6. The van der Waals surface area contributed by atoms with Gasteiger partial charge in [0.05, 0.1) is 5.35 Å². The van der Waals surface area contributed by atoms with E-state index in [1.807, 2.05) is 50.4 Å². The van der Waals surface area contributed by atoms with Crippen molar-refractivity contribution < 1.29 is 4.79 Å². The molecule has 1 aromatic carbocycles. The SMILES string of the molecule is CCCCc1ccc(-c2cccnc2)cc1.C\C=C/C=c1/cc(C(C)=O)c(C)n/c1=C\CCC. The first-order valence-corrected chi connectivity index (χ1v) is 12.3. The second-order valence-corrected chi connectivity index (χ2v) is 8.38. The molecule has 178 valence electrons. The molecule has 0 fully saturated rings. The molecular weight excluding hydrogens is 416 g/mol. The number of pyridine rings is 2. The molecule has 3 aromatic rings. The number of unbranched alkanes of at least 4 members (excludes halogenated alkanes) is 2. The molecule has 2 aromatic heterocycles. The van der Waals surface area contributed by atoms with Crippen LogP contribution >= 0.6 is 0 Å². The minimum absolute atomic E-state index is 0.0668. The van der Waals surface area contributed by atoms with Crippen LogP contribution in [0.1, 0.15) is 75.0 Å². The van der Waals surface area contributed by atoms with Crippen molar-refractivity contribution >= 4 is 17.9 Å². The van der Waals surface area contributed by atoms with Gasteiger partial charge in [-0.05, 0) is 68.9 Å². The summed E-state index contributed by atoms with van der Waals surface area (Å²) < 4.78 is 0. The smallest absolute Gasteiger partial charge is 0.161 e. The molecule has 0 radical (unpaired) electrons.